The third-order valence-electron chi connectivity index (χ3n) is 4.87. The van der Waals surface area contributed by atoms with Crippen molar-refractivity contribution in [3.63, 3.8) is 0 Å². The van der Waals surface area contributed by atoms with Crippen LogP contribution >= 0.6 is 0 Å². The molecule has 1 aliphatic rings. The minimum absolute atomic E-state index is 0.00571. The minimum atomic E-state index is -0.300. The molecule has 0 saturated carbocycles. The van der Waals surface area contributed by atoms with Gasteiger partial charge in [-0.2, -0.15) is 5.06 Å². The standard InChI is InChI=1S/C21H29N5O4/c1-3-25-15-17(11-14-30-25)22-21(28)23-19-16(2)20(29-13-8-7-12-27)24-26(19)18-9-5-4-6-10-18/h4-6,9-10,12,17H,3,7-8,11,13-15H2,1-2H3,(H2,22,23,28)/t17-/m0/s1. The number of aldehydes is 1. The van der Waals surface area contributed by atoms with Crippen LogP contribution in [0.4, 0.5) is 10.6 Å². The molecular formula is C21H29N5O4. The van der Waals surface area contributed by atoms with Gasteiger partial charge in [0.25, 0.3) is 0 Å². The Kier molecular flexibility index (Phi) is 7.81. The molecule has 0 bridgehead atoms. The molecule has 3 rings (SSSR count). The SMILES string of the molecule is CCN1C[C@@H](NC(=O)Nc2c(C)c(OCCCC=O)nn2-c2ccccc2)CCO1. The van der Waals surface area contributed by atoms with Crippen LogP contribution in [-0.2, 0) is 9.63 Å². The summed E-state index contributed by atoms with van der Waals surface area (Å²) in [5, 5.41) is 12.3. The van der Waals surface area contributed by atoms with E-state index in [1.54, 1.807) is 4.68 Å². The summed E-state index contributed by atoms with van der Waals surface area (Å²) in [7, 11) is 0. The van der Waals surface area contributed by atoms with Crippen LogP contribution in [0.5, 0.6) is 5.88 Å². The first-order valence-corrected chi connectivity index (χ1v) is 10.3. The zero-order valence-electron chi connectivity index (χ0n) is 17.5. The van der Waals surface area contributed by atoms with E-state index < -0.39 is 0 Å². The molecule has 0 aliphatic carbocycles. The first-order chi connectivity index (χ1) is 14.6. The maximum atomic E-state index is 12.7. The Morgan fingerprint density at radius 3 is 2.90 bits per heavy atom. The number of likely N-dealkylation sites (N-methyl/N-ethyl adjacent to an activating group) is 1. The predicted octanol–water partition coefficient (Wildman–Crippen LogP) is 2.69. The Hall–Kier alpha value is -2.91. The van der Waals surface area contributed by atoms with Gasteiger partial charge >= 0.3 is 6.03 Å². The third-order valence-corrected chi connectivity index (χ3v) is 4.87. The van der Waals surface area contributed by atoms with Crippen LogP contribution in [0.1, 0.15) is 31.7 Å². The summed E-state index contributed by atoms with van der Waals surface area (Å²) in [6.45, 7) is 6.24. The van der Waals surface area contributed by atoms with Crippen LogP contribution in [-0.4, -0.2) is 59.5 Å². The average molecular weight is 415 g/mol. The summed E-state index contributed by atoms with van der Waals surface area (Å²) in [5.41, 5.74) is 1.53. The smallest absolute Gasteiger partial charge is 0.320 e. The maximum absolute atomic E-state index is 12.7. The number of carbonyl (C=O) groups excluding carboxylic acids is 2. The van der Waals surface area contributed by atoms with Crippen molar-refractivity contribution >= 4 is 18.1 Å². The van der Waals surface area contributed by atoms with Crippen molar-refractivity contribution in [3.05, 3.63) is 35.9 Å². The Labute approximate surface area is 176 Å². The molecule has 30 heavy (non-hydrogen) atoms. The number of para-hydroxylation sites is 1. The van der Waals surface area contributed by atoms with E-state index in [9.17, 15) is 9.59 Å². The van der Waals surface area contributed by atoms with E-state index in [4.69, 9.17) is 9.57 Å². The van der Waals surface area contributed by atoms with Crippen molar-refractivity contribution in [1.29, 1.82) is 0 Å². The van der Waals surface area contributed by atoms with Gasteiger partial charge in [-0.1, -0.05) is 25.1 Å². The van der Waals surface area contributed by atoms with Gasteiger partial charge in [-0.3, -0.25) is 10.2 Å². The first kappa shape index (κ1) is 21.8. The minimum Gasteiger partial charge on any atom is -0.476 e. The van der Waals surface area contributed by atoms with Crippen molar-refractivity contribution in [2.75, 3.05) is 31.6 Å². The molecule has 0 radical (unpaired) electrons. The Morgan fingerprint density at radius 1 is 1.37 bits per heavy atom. The molecule has 1 fully saturated rings. The van der Waals surface area contributed by atoms with Crippen molar-refractivity contribution in [2.24, 2.45) is 0 Å². The van der Waals surface area contributed by atoms with E-state index >= 15 is 0 Å². The summed E-state index contributed by atoms with van der Waals surface area (Å²) in [4.78, 5) is 28.7. The fourth-order valence-corrected chi connectivity index (χ4v) is 3.23. The second-order valence-corrected chi connectivity index (χ2v) is 7.08. The lowest BCUT2D eigenvalue weighted by Gasteiger charge is -2.31. The highest BCUT2D eigenvalue weighted by Gasteiger charge is 2.23. The number of amides is 2. The van der Waals surface area contributed by atoms with E-state index in [-0.39, 0.29) is 12.1 Å². The number of ether oxygens (including phenoxy) is 1. The number of nitrogens with zero attached hydrogens (tertiary/aromatic N) is 3. The van der Waals surface area contributed by atoms with Gasteiger partial charge in [0.05, 0.1) is 24.5 Å². The molecule has 2 aromatic rings. The van der Waals surface area contributed by atoms with E-state index in [1.165, 1.54) is 0 Å². The molecule has 1 aromatic carbocycles. The van der Waals surface area contributed by atoms with Gasteiger partial charge in [0, 0.05) is 25.6 Å². The Bertz CT molecular complexity index is 839. The summed E-state index contributed by atoms with van der Waals surface area (Å²) in [6.07, 6.45) is 2.67. The van der Waals surface area contributed by atoms with Gasteiger partial charge in [-0.15, -0.1) is 5.10 Å². The molecule has 162 valence electrons. The number of hydroxylamine groups is 2. The van der Waals surface area contributed by atoms with Crippen LogP contribution in [0.25, 0.3) is 5.69 Å². The zero-order chi connectivity index (χ0) is 21.3. The highest BCUT2D eigenvalue weighted by Crippen LogP contribution is 2.28. The topological polar surface area (TPSA) is 97.7 Å². The summed E-state index contributed by atoms with van der Waals surface area (Å²) < 4.78 is 7.42. The van der Waals surface area contributed by atoms with Crippen molar-refractivity contribution in [1.82, 2.24) is 20.2 Å². The number of hydrogen-bond donors (Lipinski definition) is 2. The normalized spacial score (nSPS) is 16.8. The number of carbonyl (C=O) groups is 2. The number of hydrogen-bond acceptors (Lipinski definition) is 6. The lowest BCUT2D eigenvalue weighted by atomic mass is 10.2. The average Bonchev–Trinajstić information content (AvgIpc) is 3.07. The molecule has 2 heterocycles. The van der Waals surface area contributed by atoms with Crippen LogP contribution in [0, 0.1) is 6.92 Å². The lowest BCUT2D eigenvalue weighted by Crippen LogP contribution is -2.49. The van der Waals surface area contributed by atoms with E-state index in [1.807, 2.05) is 49.2 Å². The Morgan fingerprint density at radius 2 is 2.17 bits per heavy atom. The molecule has 1 saturated heterocycles. The molecule has 1 aliphatic heterocycles. The monoisotopic (exact) mass is 415 g/mol. The summed E-state index contributed by atoms with van der Waals surface area (Å²) in [6, 6.07) is 9.25. The molecule has 0 unspecified atom stereocenters. The van der Waals surface area contributed by atoms with Gasteiger partial charge < -0.3 is 14.8 Å². The molecule has 1 aromatic heterocycles. The molecule has 2 N–H and O–H groups in total. The second kappa shape index (κ2) is 10.7. The number of nitrogens with one attached hydrogen (secondary N) is 2. The van der Waals surface area contributed by atoms with Crippen molar-refractivity contribution in [3.8, 4) is 11.6 Å². The molecule has 9 heteroatoms. The van der Waals surface area contributed by atoms with Gasteiger partial charge in [0.2, 0.25) is 5.88 Å². The number of anilines is 1. The van der Waals surface area contributed by atoms with Crippen molar-refractivity contribution < 1.29 is 19.2 Å². The van der Waals surface area contributed by atoms with Crippen LogP contribution in [0.15, 0.2) is 30.3 Å². The summed E-state index contributed by atoms with van der Waals surface area (Å²) in [5.74, 6) is 0.978. The maximum Gasteiger partial charge on any atom is 0.320 e. The summed E-state index contributed by atoms with van der Waals surface area (Å²) >= 11 is 0. The number of rotatable bonds is 9. The fourth-order valence-electron chi connectivity index (χ4n) is 3.23. The van der Waals surface area contributed by atoms with Gasteiger partial charge in [-0.05, 0) is 31.9 Å². The second-order valence-electron chi connectivity index (χ2n) is 7.08. The lowest BCUT2D eigenvalue weighted by molar-refractivity contribution is -0.183. The molecule has 2 amide bonds. The van der Waals surface area contributed by atoms with Crippen LogP contribution in [0.3, 0.4) is 0 Å². The number of unbranched alkanes of at least 4 members (excludes halogenated alkanes) is 1. The number of benzene rings is 1. The Balaban J connectivity index is 1.75. The molecule has 1 atom stereocenters. The van der Waals surface area contributed by atoms with Gasteiger partial charge in [0.1, 0.15) is 12.1 Å². The van der Waals surface area contributed by atoms with Gasteiger partial charge in [-0.25, -0.2) is 9.48 Å². The number of aromatic nitrogens is 2. The fraction of sp³-hybridized carbons (Fsp3) is 0.476. The first-order valence-electron chi connectivity index (χ1n) is 10.3. The molecule has 0 spiro atoms. The number of urea groups is 1. The van der Waals surface area contributed by atoms with E-state index in [0.29, 0.717) is 44.3 Å². The van der Waals surface area contributed by atoms with Crippen molar-refractivity contribution in [2.45, 2.75) is 39.2 Å². The highest BCUT2D eigenvalue weighted by molar-refractivity contribution is 5.90. The van der Waals surface area contributed by atoms with E-state index in [0.717, 1.165) is 30.5 Å². The third kappa shape index (κ3) is 5.58. The van der Waals surface area contributed by atoms with E-state index in [2.05, 4.69) is 15.7 Å². The molecular weight excluding hydrogens is 386 g/mol. The van der Waals surface area contributed by atoms with Crippen LogP contribution in [0.2, 0.25) is 0 Å². The zero-order valence-corrected chi connectivity index (χ0v) is 17.5. The predicted molar refractivity (Wildman–Crippen MR) is 113 cm³/mol. The van der Waals surface area contributed by atoms with Gasteiger partial charge in [0.15, 0.2) is 0 Å². The largest absolute Gasteiger partial charge is 0.476 e. The molecule has 9 nitrogen and oxygen atoms in total. The highest BCUT2D eigenvalue weighted by atomic mass is 16.7. The van der Waals surface area contributed by atoms with Crippen LogP contribution < -0.4 is 15.4 Å². The quantitative estimate of drug-likeness (QED) is 0.483.